The number of hydrogen-bond donors (Lipinski definition) is 1. The number of carbonyl (C=O) groups excluding carboxylic acids is 1. The Morgan fingerprint density at radius 1 is 1.35 bits per heavy atom. The minimum Gasteiger partial charge on any atom is -0.493 e. The first kappa shape index (κ1) is 16.4. The molecule has 0 fully saturated rings. The van der Waals surface area contributed by atoms with Gasteiger partial charge >= 0.3 is 5.97 Å². The minimum absolute atomic E-state index is 0.235. The molecular weight excluding hydrogens is 268 g/mol. The molecule has 1 atom stereocenters. The van der Waals surface area contributed by atoms with Gasteiger partial charge in [-0.25, -0.2) is 8.78 Å². The van der Waals surface area contributed by atoms with Crippen LogP contribution in [0.2, 0.25) is 0 Å². The van der Waals surface area contributed by atoms with Gasteiger partial charge in [-0.2, -0.15) is 0 Å². The van der Waals surface area contributed by atoms with Crippen LogP contribution in [0.1, 0.15) is 26.7 Å². The van der Waals surface area contributed by atoms with Gasteiger partial charge in [0.05, 0.1) is 13.2 Å². The molecule has 0 aliphatic rings. The van der Waals surface area contributed by atoms with Gasteiger partial charge in [-0.1, -0.05) is 0 Å². The lowest BCUT2D eigenvalue weighted by Gasteiger charge is -2.22. The number of halogens is 2. The first-order chi connectivity index (χ1) is 9.36. The molecule has 0 aromatic heterocycles. The third kappa shape index (κ3) is 4.77. The minimum atomic E-state index is -1.08. The van der Waals surface area contributed by atoms with Crippen LogP contribution in [0, 0.1) is 11.6 Å². The molecule has 0 saturated heterocycles. The lowest BCUT2D eigenvalue weighted by Crippen LogP contribution is -2.46. The summed E-state index contributed by atoms with van der Waals surface area (Å²) < 4.78 is 35.8. The number of ether oxygens (including phenoxy) is 2. The van der Waals surface area contributed by atoms with Gasteiger partial charge < -0.3 is 15.2 Å². The molecule has 0 heterocycles. The third-order valence-electron chi connectivity index (χ3n) is 2.74. The summed E-state index contributed by atoms with van der Waals surface area (Å²) in [5, 5.41) is 0. The molecule has 0 aliphatic carbocycles. The van der Waals surface area contributed by atoms with Crippen molar-refractivity contribution < 1.29 is 23.0 Å². The Bertz CT molecular complexity index is 464. The van der Waals surface area contributed by atoms with Crippen molar-refractivity contribution in [2.45, 2.75) is 32.2 Å². The van der Waals surface area contributed by atoms with E-state index in [1.807, 2.05) is 0 Å². The normalized spacial score (nSPS) is 13.7. The van der Waals surface area contributed by atoms with Crippen molar-refractivity contribution in [3.63, 3.8) is 0 Å². The highest BCUT2D eigenvalue weighted by Crippen LogP contribution is 2.17. The molecule has 0 bridgehead atoms. The molecule has 0 amide bonds. The molecule has 1 aromatic rings. The van der Waals surface area contributed by atoms with Gasteiger partial charge in [0, 0.05) is 6.07 Å². The lowest BCUT2D eigenvalue weighted by molar-refractivity contribution is -0.149. The van der Waals surface area contributed by atoms with E-state index in [9.17, 15) is 13.6 Å². The van der Waals surface area contributed by atoms with E-state index in [0.717, 1.165) is 12.1 Å². The summed E-state index contributed by atoms with van der Waals surface area (Å²) in [4.78, 5) is 11.5. The number of benzene rings is 1. The monoisotopic (exact) mass is 287 g/mol. The van der Waals surface area contributed by atoms with Crippen LogP contribution in [0.15, 0.2) is 18.2 Å². The zero-order chi connectivity index (χ0) is 15.2. The predicted molar refractivity (Wildman–Crippen MR) is 70.3 cm³/mol. The Labute approximate surface area is 116 Å². The molecule has 6 heteroatoms. The summed E-state index contributed by atoms with van der Waals surface area (Å²) in [5.41, 5.74) is 4.75. The van der Waals surface area contributed by atoms with Gasteiger partial charge in [0.1, 0.15) is 11.3 Å². The Balaban J connectivity index is 2.37. The summed E-state index contributed by atoms with van der Waals surface area (Å²) in [6, 6.07) is 3.31. The Morgan fingerprint density at radius 2 is 2.05 bits per heavy atom. The molecule has 0 saturated carbocycles. The molecule has 0 aliphatic heterocycles. The summed E-state index contributed by atoms with van der Waals surface area (Å²) >= 11 is 0. The second-order valence-corrected chi connectivity index (χ2v) is 4.67. The highest BCUT2D eigenvalue weighted by atomic mass is 19.2. The van der Waals surface area contributed by atoms with E-state index < -0.39 is 23.1 Å². The maximum Gasteiger partial charge on any atom is 0.325 e. The molecular formula is C14H19F2NO3. The third-order valence-corrected chi connectivity index (χ3v) is 2.74. The summed E-state index contributed by atoms with van der Waals surface area (Å²) in [5.74, 6) is -2.11. The van der Waals surface area contributed by atoms with Crippen LogP contribution >= 0.6 is 0 Å². The number of nitrogens with two attached hydrogens (primary N) is 1. The molecule has 2 N–H and O–H groups in total. The topological polar surface area (TPSA) is 61.5 Å². The van der Waals surface area contributed by atoms with Crippen molar-refractivity contribution in [1.29, 1.82) is 0 Å². The quantitative estimate of drug-likeness (QED) is 0.618. The van der Waals surface area contributed by atoms with Crippen LogP contribution in [-0.4, -0.2) is 24.7 Å². The summed E-state index contributed by atoms with van der Waals surface area (Å²) in [6.45, 7) is 3.82. The van der Waals surface area contributed by atoms with Gasteiger partial charge in [0.25, 0.3) is 0 Å². The number of rotatable bonds is 7. The maximum absolute atomic E-state index is 12.9. The standard InChI is InChI=1S/C14H19F2NO3/c1-3-19-13(18)14(2,17)7-4-8-20-10-5-6-11(15)12(16)9-10/h5-6,9H,3-4,7-8,17H2,1-2H3. The van der Waals surface area contributed by atoms with Crippen LogP contribution in [0.5, 0.6) is 5.75 Å². The Hall–Kier alpha value is -1.69. The van der Waals surface area contributed by atoms with E-state index in [0.29, 0.717) is 12.8 Å². The number of hydrogen-bond acceptors (Lipinski definition) is 4. The number of carbonyl (C=O) groups is 1. The smallest absolute Gasteiger partial charge is 0.325 e. The highest BCUT2D eigenvalue weighted by molar-refractivity contribution is 5.79. The van der Waals surface area contributed by atoms with E-state index in [2.05, 4.69) is 0 Å². The van der Waals surface area contributed by atoms with Crippen LogP contribution in [-0.2, 0) is 9.53 Å². The predicted octanol–water partition coefficient (Wildman–Crippen LogP) is 2.40. The fraction of sp³-hybridized carbons (Fsp3) is 0.500. The molecule has 0 radical (unpaired) electrons. The van der Waals surface area contributed by atoms with Gasteiger partial charge in [0.2, 0.25) is 0 Å². The van der Waals surface area contributed by atoms with E-state index >= 15 is 0 Å². The second kappa shape index (κ2) is 7.19. The van der Waals surface area contributed by atoms with Crippen molar-refractivity contribution in [1.82, 2.24) is 0 Å². The summed E-state index contributed by atoms with van der Waals surface area (Å²) in [7, 11) is 0. The van der Waals surface area contributed by atoms with Crippen molar-refractivity contribution in [2.24, 2.45) is 5.73 Å². The first-order valence-electron chi connectivity index (χ1n) is 6.41. The van der Waals surface area contributed by atoms with Crippen LogP contribution in [0.25, 0.3) is 0 Å². The molecule has 0 spiro atoms. The molecule has 4 nitrogen and oxygen atoms in total. The van der Waals surface area contributed by atoms with E-state index in [1.165, 1.54) is 6.07 Å². The Kier molecular flexibility index (Phi) is 5.88. The molecule has 20 heavy (non-hydrogen) atoms. The fourth-order valence-corrected chi connectivity index (χ4v) is 1.59. The second-order valence-electron chi connectivity index (χ2n) is 4.67. The largest absolute Gasteiger partial charge is 0.493 e. The average Bonchev–Trinajstić information content (AvgIpc) is 2.39. The SMILES string of the molecule is CCOC(=O)C(C)(N)CCCOc1ccc(F)c(F)c1. The number of esters is 1. The van der Waals surface area contributed by atoms with E-state index in [-0.39, 0.29) is 19.0 Å². The molecule has 1 unspecified atom stereocenters. The van der Waals surface area contributed by atoms with Crippen molar-refractivity contribution in [3.8, 4) is 5.75 Å². The zero-order valence-corrected chi connectivity index (χ0v) is 11.6. The zero-order valence-electron chi connectivity index (χ0n) is 11.6. The van der Waals surface area contributed by atoms with Crippen molar-refractivity contribution in [2.75, 3.05) is 13.2 Å². The molecule has 1 rings (SSSR count). The van der Waals surface area contributed by atoms with Crippen molar-refractivity contribution >= 4 is 5.97 Å². The van der Waals surface area contributed by atoms with Gasteiger partial charge in [-0.05, 0) is 38.8 Å². The van der Waals surface area contributed by atoms with Gasteiger partial charge in [0.15, 0.2) is 11.6 Å². The van der Waals surface area contributed by atoms with Crippen LogP contribution in [0.3, 0.4) is 0 Å². The molecule has 1 aromatic carbocycles. The summed E-state index contributed by atoms with van der Waals surface area (Å²) in [6.07, 6.45) is 0.861. The van der Waals surface area contributed by atoms with Crippen LogP contribution in [0.4, 0.5) is 8.78 Å². The maximum atomic E-state index is 12.9. The fourth-order valence-electron chi connectivity index (χ4n) is 1.59. The van der Waals surface area contributed by atoms with E-state index in [4.69, 9.17) is 15.2 Å². The Morgan fingerprint density at radius 3 is 2.65 bits per heavy atom. The lowest BCUT2D eigenvalue weighted by atomic mass is 9.98. The van der Waals surface area contributed by atoms with Gasteiger partial charge in [-0.15, -0.1) is 0 Å². The first-order valence-corrected chi connectivity index (χ1v) is 6.41. The average molecular weight is 287 g/mol. The van der Waals surface area contributed by atoms with Crippen molar-refractivity contribution in [3.05, 3.63) is 29.8 Å². The highest BCUT2D eigenvalue weighted by Gasteiger charge is 2.29. The van der Waals surface area contributed by atoms with Crippen LogP contribution < -0.4 is 10.5 Å². The molecule has 112 valence electrons. The van der Waals surface area contributed by atoms with Gasteiger partial charge in [-0.3, -0.25) is 4.79 Å². The van der Waals surface area contributed by atoms with E-state index in [1.54, 1.807) is 13.8 Å².